The summed E-state index contributed by atoms with van der Waals surface area (Å²) in [6.45, 7) is 6.92. The average molecular weight is 285 g/mol. The summed E-state index contributed by atoms with van der Waals surface area (Å²) in [5.41, 5.74) is 3.16. The fourth-order valence-corrected chi connectivity index (χ4v) is 2.65. The van der Waals surface area contributed by atoms with Crippen LogP contribution in [0.4, 0.5) is 0 Å². The van der Waals surface area contributed by atoms with Gasteiger partial charge in [0.1, 0.15) is 0 Å². The minimum atomic E-state index is 0.0803. The van der Waals surface area contributed by atoms with Crippen LogP contribution in [0.1, 0.15) is 29.3 Å². The van der Waals surface area contributed by atoms with Gasteiger partial charge in [0, 0.05) is 11.4 Å². The quantitative estimate of drug-likeness (QED) is 0.857. The number of thiophene rings is 1. The normalized spacial score (nSPS) is 10.2. The number of hydrogen-bond acceptors (Lipinski definition) is 2. The van der Waals surface area contributed by atoms with Gasteiger partial charge in [0.2, 0.25) is 5.91 Å². The highest BCUT2D eigenvalue weighted by Crippen LogP contribution is 2.25. The van der Waals surface area contributed by atoms with E-state index >= 15 is 0 Å². The van der Waals surface area contributed by atoms with Crippen molar-refractivity contribution in [1.82, 2.24) is 5.32 Å². The third kappa shape index (κ3) is 3.81. The summed E-state index contributed by atoms with van der Waals surface area (Å²) >= 11 is 1.69. The van der Waals surface area contributed by atoms with Crippen molar-refractivity contribution in [2.24, 2.45) is 0 Å². The molecule has 0 saturated heterocycles. The van der Waals surface area contributed by atoms with Gasteiger partial charge in [0.15, 0.2) is 0 Å². The highest BCUT2D eigenvalue weighted by Gasteiger charge is 2.05. The number of carbonyl (C=O) groups excluding carboxylic acids is 1. The molecule has 104 valence electrons. The van der Waals surface area contributed by atoms with E-state index in [1.165, 1.54) is 4.88 Å². The molecule has 1 aromatic heterocycles. The summed E-state index contributed by atoms with van der Waals surface area (Å²) in [6, 6.07) is 12.2. The molecule has 20 heavy (non-hydrogen) atoms. The molecule has 1 N–H and O–H groups in total. The zero-order chi connectivity index (χ0) is 14.4. The first-order valence-corrected chi connectivity index (χ1v) is 7.67. The number of hydrogen-bond donors (Lipinski definition) is 1. The highest BCUT2D eigenvalue weighted by atomic mass is 32.1. The summed E-state index contributed by atoms with van der Waals surface area (Å²) in [7, 11) is 0. The Bertz CT molecular complexity index is 570. The van der Waals surface area contributed by atoms with Gasteiger partial charge < -0.3 is 5.32 Å². The van der Waals surface area contributed by atoms with Crippen LogP contribution in [0.15, 0.2) is 48.4 Å². The van der Waals surface area contributed by atoms with Crippen LogP contribution in [-0.2, 0) is 11.2 Å². The largest absolute Gasteiger partial charge is 0.356 e. The second-order valence-electron chi connectivity index (χ2n) is 4.68. The van der Waals surface area contributed by atoms with E-state index in [4.69, 9.17) is 0 Å². The van der Waals surface area contributed by atoms with Crippen molar-refractivity contribution in [3.63, 3.8) is 0 Å². The molecule has 0 atom stereocenters. The molecule has 2 nitrogen and oxygen atoms in total. The van der Waals surface area contributed by atoms with E-state index in [-0.39, 0.29) is 5.91 Å². The van der Waals surface area contributed by atoms with Crippen molar-refractivity contribution < 1.29 is 4.79 Å². The maximum Gasteiger partial charge on any atom is 0.224 e. The van der Waals surface area contributed by atoms with Gasteiger partial charge in [-0.1, -0.05) is 43.8 Å². The zero-order valence-corrected chi connectivity index (χ0v) is 12.5. The molecule has 0 bridgehead atoms. The fourth-order valence-electron chi connectivity index (χ4n) is 1.93. The van der Waals surface area contributed by atoms with Gasteiger partial charge in [0.25, 0.3) is 0 Å². The molecule has 0 aliphatic carbocycles. The molecule has 1 amide bonds. The summed E-state index contributed by atoms with van der Waals surface area (Å²) in [6.07, 6.45) is 1.40. The third-order valence-electron chi connectivity index (χ3n) is 3.06. The molecule has 2 rings (SSSR count). The first-order chi connectivity index (χ1) is 9.70. The minimum absolute atomic E-state index is 0.0803. The van der Waals surface area contributed by atoms with E-state index in [0.29, 0.717) is 6.42 Å². The van der Waals surface area contributed by atoms with E-state index in [1.54, 1.807) is 11.3 Å². The Morgan fingerprint density at radius 1 is 1.25 bits per heavy atom. The minimum Gasteiger partial charge on any atom is -0.356 e. The Kier molecular flexibility index (Phi) is 5.13. The number of benzene rings is 1. The van der Waals surface area contributed by atoms with Crippen LogP contribution in [0, 0.1) is 0 Å². The Morgan fingerprint density at radius 2 is 2.00 bits per heavy atom. The number of amides is 1. The Morgan fingerprint density at radius 3 is 2.60 bits per heavy atom. The van der Waals surface area contributed by atoms with Gasteiger partial charge in [-0.25, -0.2) is 0 Å². The predicted molar refractivity (Wildman–Crippen MR) is 85.9 cm³/mol. The Hall–Kier alpha value is -1.87. The van der Waals surface area contributed by atoms with Crippen molar-refractivity contribution >= 4 is 22.8 Å². The monoisotopic (exact) mass is 285 g/mol. The van der Waals surface area contributed by atoms with Gasteiger partial charge in [0.05, 0.1) is 6.42 Å². The lowest BCUT2D eigenvalue weighted by Gasteiger charge is -2.06. The number of nitrogens with one attached hydrogen (secondary N) is 1. The molecule has 1 aromatic carbocycles. The van der Waals surface area contributed by atoms with E-state index in [2.05, 4.69) is 18.0 Å². The number of rotatable bonds is 6. The first kappa shape index (κ1) is 14.5. The lowest BCUT2D eigenvalue weighted by molar-refractivity contribution is -0.120. The molecule has 2 aromatic rings. The van der Waals surface area contributed by atoms with Gasteiger partial charge in [-0.3, -0.25) is 4.79 Å². The fraction of sp³-hybridized carbons (Fsp3) is 0.235. The third-order valence-corrected chi connectivity index (χ3v) is 3.99. The summed E-state index contributed by atoms with van der Waals surface area (Å²) < 4.78 is 0. The zero-order valence-electron chi connectivity index (χ0n) is 11.7. The highest BCUT2D eigenvalue weighted by molar-refractivity contribution is 7.11. The van der Waals surface area contributed by atoms with Gasteiger partial charge in [-0.15, -0.1) is 11.3 Å². The van der Waals surface area contributed by atoms with Crippen LogP contribution in [0.5, 0.6) is 0 Å². The smallest absolute Gasteiger partial charge is 0.224 e. The SMILES string of the molecule is C=C(c1ccc(CC(=O)NCCC)cc1)c1cccs1. The van der Waals surface area contributed by atoms with E-state index in [9.17, 15) is 4.79 Å². The molecule has 0 spiro atoms. The topological polar surface area (TPSA) is 29.1 Å². The van der Waals surface area contributed by atoms with Crippen LogP contribution in [-0.4, -0.2) is 12.5 Å². The molecule has 3 heteroatoms. The standard InChI is InChI=1S/C17H19NOS/c1-3-10-18-17(19)12-14-6-8-15(9-7-14)13(2)16-5-4-11-20-16/h4-9,11H,2-3,10,12H2,1H3,(H,18,19). The van der Waals surface area contributed by atoms with Crippen LogP contribution < -0.4 is 5.32 Å². The van der Waals surface area contributed by atoms with E-state index < -0.39 is 0 Å². The van der Waals surface area contributed by atoms with Crippen molar-refractivity contribution in [2.45, 2.75) is 19.8 Å². The van der Waals surface area contributed by atoms with Gasteiger partial charge >= 0.3 is 0 Å². The second-order valence-corrected chi connectivity index (χ2v) is 5.63. The molecule has 0 aliphatic heterocycles. The van der Waals surface area contributed by atoms with Crippen LogP contribution >= 0.6 is 11.3 Å². The average Bonchev–Trinajstić information content (AvgIpc) is 2.99. The van der Waals surface area contributed by atoms with Crippen LogP contribution in [0.2, 0.25) is 0 Å². The molecule has 0 unspecified atom stereocenters. The molecular formula is C17H19NOS. The predicted octanol–water partition coefficient (Wildman–Crippen LogP) is 3.88. The lowest BCUT2D eigenvalue weighted by Crippen LogP contribution is -2.25. The van der Waals surface area contributed by atoms with Crippen molar-refractivity contribution in [2.75, 3.05) is 6.54 Å². The maximum atomic E-state index is 11.6. The summed E-state index contributed by atoms with van der Waals surface area (Å²) in [4.78, 5) is 12.8. The van der Waals surface area contributed by atoms with E-state index in [1.807, 2.05) is 42.6 Å². The molecule has 0 aliphatic rings. The molecule has 1 heterocycles. The van der Waals surface area contributed by atoms with Gasteiger partial charge in [-0.05, 0) is 34.6 Å². The molecule has 0 saturated carbocycles. The van der Waals surface area contributed by atoms with Crippen LogP contribution in [0.3, 0.4) is 0 Å². The molecule has 0 radical (unpaired) electrons. The second kappa shape index (κ2) is 7.06. The van der Waals surface area contributed by atoms with Crippen molar-refractivity contribution in [1.29, 1.82) is 0 Å². The van der Waals surface area contributed by atoms with Gasteiger partial charge in [-0.2, -0.15) is 0 Å². The first-order valence-electron chi connectivity index (χ1n) is 6.79. The Labute approximate surface area is 124 Å². The number of carbonyl (C=O) groups is 1. The molecule has 0 fully saturated rings. The van der Waals surface area contributed by atoms with Crippen LogP contribution in [0.25, 0.3) is 5.57 Å². The Balaban J connectivity index is 1.99. The van der Waals surface area contributed by atoms with E-state index in [0.717, 1.165) is 29.7 Å². The van der Waals surface area contributed by atoms with Crippen molar-refractivity contribution in [3.8, 4) is 0 Å². The maximum absolute atomic E-state index is 11.6. The summed E-state index contributed by atoms with van der Waals surface area (Å²) in [5, 5.41) is 4.93. The molecular weight excluding hydrogens is 266 g/mol. The lowest BCUT2D eigenvalue weighted by atomic mass is 10.0. The van der Waals surface area contributed by atoms with Crippen molar-refractivity contribution in [3.05, 3.63) is 64.4 Å². The summed E-state index contributed by atoms with van der Waals surface area (Å²) in [5.74, 6) is 0.0803.